The number of hydrogen-bond acceptors (Lipinski definition) is 26. The van der Waals surface area contributed by atoms with Gasteiger partial charge in [0.25, 0.3) is 0 Å². The smallest absolute Gasteiger partial charge is 0.411 e. The van der Waals surface area contributed by atoms with Crippen LogP contribution >= 0.6 is 0 Å². The molecule has 28 nitrogen and oxygen atoms in total. The van der Waals surface area contributed by atoms with Crippen molar-refractivity contribution in [2.24, 2.45) is 0 Å². The van der Waals surface area contributed by atoms with Crippen LogP contribution < -0.4 is 68.8 Å². The third-order valence-electron chi connectivity index (χ3n) is 21.3. The van der Waals surface area contributed by atoms with Crippen LogP contribution in [0.25, 0.3) is 22.3 Å². The summed E-state index contributed by atoms with van der Waals surface area (Å²) in [5.41, 5.74) is 71.7. The first-order chi connectivity index (χ1) is 60.4. The minimum absolute atomic E-state index is 0.0221. The van der Waals surface area contributed by atoms with Crippen molar-refractivity contribution in [3.05, 3.63) is 334 Å². The van der Waals surface area contributed by atoms with Crippen molar-refractivity contribution >= 4 is 90.0 Å². The Morgan fingerprint density at radius 3 is 0.876 bits per heavy atom. The summed E-state index contributed by atoms with van der Waals surface area (Å²) in [5.74, 6) is -3.61. The predicted octanol–water partition coefficient (Wildman–Crippen LogP) is 15.7. The van der Waals surface area contributed by atoms with Crippen molar-refractivity contribution < 1.29 is 106 Å². The zero-order valence-electron chi connectivity index (χ0n) is 68.2. The standard InChI is InChI=1S/C25H20N2O2.C15H12F6N2O2.C15H14N2O4.C15H18N2O2.C12H12N2O4S.C12H12N2O2/c26-21-13-15(9-11-23(21)28)25(16-10-12-24(29)22(27)14-16)19-7-3-1-5-17(19)18-6-2-4-8-20(18)25;16-14(17,18)13(15(19,20)21,7-1-3-11(24)9(22)5-7)8-2-4-12(25)10(23)6-8;16-12-3-1-8(6-10(12)14(18)19)5-9-2-4-13(17)11(7-9)15(20)21;1-15(2,9-3-5-13(18)11(16)7-9)10-4-6-14(19)12(17)8-10;13-9-5-7(1-3-11(9)15)19(17,18)8-2-4-12(16)10(14)6-8;13-9-3-1-7(5-11(9)15)8-2-4-10(14)12(16)6-8/h1-14,28-29H,26-27H2;1-6,24-25H,22-23H2;1-4,6-7H,5,16-17H2,(H,18,19)(H,20,21);3-8,18-19H,16-17H2,1-2H3;1-6,15-16H,13-14H2;1-6,15-16H,13-14H2. The van der Waals surface area contributed by atoms with Crippen molar-refractivity contribution in [3.63, 3.8) is 0 Å². The molecule has 0 saturated heterocycles. The molecule has 0 spiro atoms. The Labute approximate surface area is 732 Å². The van der Waals surface area contributed by atoms with E-state index in [0.717, 1.165) is 78.9 Å². The maximum atomic E-state index is 13.8. The van der Waals surface area contributed by atoms with E-state index < -0.39 is 79.0 Å². The van der Waals surface area contributed by atoms with Gasteiger partial charge >= 0.3 is 24.3 Å². The van der Waals surface area contributed by atoms with Gasteiger partial charge in [-0.15, -0.1) is 0 Å². The monoisotopic (exact) mass is 1790 g/mol. The van der Waals surface area contributed by atoms with Gasteiger partial charge in [0.1, 0.15) is 57.5 Å². The van der Waals surface area contributed by atoms with E-state index in [-0.39, 0.29) is 95.1 Å². The third-order valence-corrected chi connectivity index (χ3v) is 23.0. The number of benzene rings is 14. The number of alkyl halides is 6. The van der Waals surface area contributed by atoms with Gasteiger partial charge in [0, 0.05) is 16.8 Å². The van der Waals surface area contributed by atoms with E-state index >= 15 is 0 Å². The summed E-state index contributed by atoms with van der Waals surface area (Å²) in [4.78, 5) is 22.0. The Morgan fingerprint density at radius 1 is 0.302 bits per heavy atom. The molecule has 0 aromatic heterocycles. The molecule has 0 amide bonds. The summed E-state index contributed by atoms with van der Waals surface area (Å²) in [7, 11) is -3.80. The Hall–Kier alpha value is -16.9. The molecule has 0 unspecified atom stereocenters. The number of halogens is 6. The summed E-state index contributed by atoms with van der Waals surface area (Å²) in [6, 6.07) is 67.0. The molecule has 0 saturated carbocycles. The lowest BCUT2D eigenvalue weighted by Gasteiger charge is -2.38. The van der Waals surface area contributed by atoms with E-state index in [1.165, 1.54) is 48.5 Å². The van der Waals surface area contributed by atoms with Gasteiger partial charge in [0.05, 0.1) is 83.2 Å². The van der Waals surface area contributed by atoms with Gasteiger partial charge in [-0.05, 0) is 242 Å². The van der Waals surface area contributed by atoms with Crippen LogP contribution in [0.4, 0.5) is 94.6 Å². The molecule has 14 aromatic carbocycles. The summed E-state index contributed by atoms with van der Waals surface area (Å²) in [5, 5.41) is 113. The maximum Gasteiger partial charge on any atom is 0.411 e. The Kier molecular flexibility index (Phi) is 27.3. The van der Waals surface area contributed by atoms with E-state index in [2.05, 4.69) is 24.3 Å². The Bertz CT molecular complexity index is 6350. The highest BCUT2D eigenvalue weighted by atomic mass is 32.2. The van der Waals surface area contributed by atoms with Crippen LogP contribution in [0.1, 0.15) is 90.2 Å². The molecule has 0 fully saturated rings. The first-order valence-corrected chi connectivity index (χ1v) is 39.6. The van der Waals surface area contributed by atoms with Gasteiger partial charge in [0.15, 0.2) is 0 Å². The number of aromatic carboxylic acids is 2. The fourth-order valence-electron chi connectivity index (χ4n) is 14.2. The molecule has 1 aliphatic carbocycles. The summed E-state index contributed by atoms with van der Waals surface area (Å²) in [6.07, 6.45) is -11.3. The zero-order chi connectivity index (χ0) is 95.1. The number of fused-ring (bicyclic) bond motifs is 3. The van der Waals surface area contributed by atoms with Crippen LogP contribution in [-0.2, 0) is 32.5 Å². The largest absolute Gasteiger partial charge is 0.506 e. The maximum absolute atomic E-state index is 13.8. The average Bonchev–Trinajstić information content (AvgIpc) is 1.58. The number of sulfone groups is 1. The van der Waals surface area contributed by atoms with Crippen molar-refractivity contribution in [1.29, 1.82) is 0 Å². The quantitative estimate of drug-likeness (QED) is 0.0289. The number of nitrogens with two attached hydrogens (primary N) is 12. The van der Waals surface area contributed by atoms with Crippen LogP contribution in [0.5, 0.6) is 57.5 Å². The lowest BCUT2D eigenvalue weighted by molar-refractivity contribution is -0.288. The second kappa shape index (κ2) is 37.3. The molecule has 0 heterocycles. The van der Waals surface area contributed by atoms with E-state index in [1.54, 1.807) is 84.9 Å². The van der Waals surface area contributed by atoms with Crippen LogP contribution in [0.15, 0.2) is 277 Å². The lowest BCUT2D eigenvalue weighted by atomic mass is 9.67. The summed E-state index contributed by atoms with van der Waals surface area (Å²) >= 11 is 0. The highest BCUT2D eigenvalue weighted by Gasteiger charge is 2.72. The number of hydrogen-bond donors (Lipinski definition) is 24. The van der Waals surface area contributed by atoms with E-state index in [1.807, 2.05) is 74.5 Å². The normalized spacial score (nSPS) is 11.9. The minimum Gasteiger partial charge on any atom is -0.506 e. The lowest BCUT2D eigenvalue weighted by Crippen LogP contribution is -2.54. The highest BCUT2D eigenvalue weighted by Crippen LogP contribution is 2.59. The second-order valence-electron chi connectivity index (χ2n) is 30.0. The molecule has 129 heavy (non-hydrogen) atoms. The molecule has 14 aromatic rings. The van der Waals surface area contributed by atoms with E-state index in [4.69, 9.17) is 79.0 Å². The SMILES string of the molecule is CC(C)(c1ccc(O)c(N)c1)c1ccc(O)c(N)c1.Nc1cc(C(c2ccc(O)c(N)c2)(C(F)(F)F)C(F)(F)F)ccc1O.Nc1cc(C2(c3ccc(O)c(N)c3)c3ccccc3-c3ccccc32)ccc1O.Nc1cc(S(=O)(=O)c2ccc(O)c(N)c2)ccc1O.Nc1ccc(-c2ccc(N)c(O)c2)cc1O.Nc1ccc(Cc2ccc(N)c(C(=O)O)c2)cc1C(=O)O. The molecule has 0 aliphatic heterocycles. The number of carbonyl (C=O) groups is 2. The number of nitrogen functional groups attached to an aromatic ring is 12. The van der Waals surface area contributed by atoms with E-state index in [9.17, 15) is 95.4 Å². The summed E-state index contributed by atoms with van der Waals surface area (Å²) in [6.45, 7) is 4.06. The van der Waals surface area contributed by atoms with Gasteiger partial charge in [0.2, 0.25) is 15.3 Å². The number of phenolic OH excluding ortho intramolecular Hbond substituents is 10. The topological polar surface area (TPSA) is 623 Å². The van der Waals surface area contributed by atoms with Gasteiger partial charge in [-0.3, -0.25) is 0 Å². The predicted molar refractivity (Wildman–Crippen MR) is 484 cm³/mol. The first kappa shape index (κ1) is 94.4. The van der Waals surface area contributed by atoms with Crippen LogP contribution in [-0.4, -0.2) is 94.0 Å². The number of aromatic hydroxyl groups is 10. The van der Waals surface area contributed by atoms with Crippen molar-refractivity contribution in [3.8, 4) is 79.7 Å². The molecule has 36 N–H and O–H groups in total. The molecular weight excluding hydrogens is 1700 g/mol. The van der Waals surface area contributed by atoms with Crippen LogP contribution in [0, 0.1) is 0 Å². The molecule has 35 heteroatoms. The van der Waals surface area contributed by atoms with Crippen molar-refractivity contribution in [2.75, 3.05) is 68.8 Å². The summed E-state index contributed by atoms with van der Waals surface area (Å²) < 4.78 is 107. The first-order valence-electron chi connectivity index (χ1n) is 38.1. The number of carboxylic acids is 2. The fourth-order valence-corrected chi connectivity index (χ4v) is 15.6. The second-order valence-corrected chi connectivity index (χ2v) is 31.9. The van der Waals surface area contributed by atoms with Crippen LogP contribution in [0.2, 0.25) is 0 Å². The number of carboxylic acid groups (broad SMARTS) is 2. The van der Waals surface area contributed by atoms with Crippen LogP contribution in [0.3, 0.4) is 0 Å². The molecular formula is C94H88F6N12O16S. The molecule has 668 valence electrons. The molecule has 0 bridgehead atoms. The molecule has 1 aliphatic rings. The molecule has 0 radical (unpaired) electrons. The van der Waals surface area contributed by atoms with Gasteiger partial charge < -0.3 is 130 Å². The van der Waals surface area contributed by atoms with Crippen molar-refractivity contribution in [1.82, 2.24) is 0 Å². The number of phenols is 10. The highest BCUT2D eigenvalue weighted by molar-refractivity contribution is 7.91. The number of rotatable bonds is 13. The van der Waals surface area contributed by atoms with Crippen molar-refractivity contribution in [2.45, 2.75) is 58.7 Å². The van der Waals surface area contributed by atoms with Gasteiger partial charge in [-0.1, -0.05) is 123 Å². The average molecular weight is 1790 g/mol. The minimum atomic E-state index is -5.82. The molecule has 0 atom stereocenters. The van der Waals surface area contributed by atoms with E-state index in [0.29, 0.717) is 76.9 Å². The third kappa shape index (κ3) is 19.7. The number of anilines is 12. The Balaban J connectivity index is 0.000000163. The zero-order valence-corrected chi connectivity index (χ0v) is 69.0. The van der Waals surface area contributed by atoms with Gasteiger partial charge in [-0.2, -0.15) is 26.3 Å². The Morgan fingerprint density at radius 2 is 0.581 bits per heavy atom. The fraction of sp³-hybridized carbons (Fsp3) is 0.0851. The van der Waals surface area contributed by atoms with Gasteiger partial charge in [-0.25, -0.2) is 18.0 Å². The molecule has 15 rings (SSSR count).